The predicted molar refractivity (Wildman–Crippen MR) is 45.0 cm³/mol. The summed E-state index contributed by atoms with van der Waals surface area (Å²) in [7, 11) is 0. The van der Waals surface area contributed by atoms with Crippen molar-refractivity contribution in [3.63, 3.8) is 0 Å². The molecule has 1 rings (SSSR count). The molecule has 0 spiro atoms. The quantitative estimate of drug-likeness (QED) is 0.784. The molecule has 0 saturated heterocycles. The lowest BCUT2D eigenvalue weighted by atomic mass is 10.1. The van der Waals surface area contributed by atoms with Gasteiger partial charge >= 0.3 is 6.18 Å². The summed E-state index contributed by atoms with van der Waals surface area (Å²) < 4.78 is 36.6. The molecule has 0 amide bonds. The first-order valence-corrected chi connectivity index (χ1v) is 4.15. The molecule has 0 bridgehead atoms. The van der Waals surface area contributed by atoms with Gasteiger partial charge < -0.3 is 5.11 Å². The SMILES string of the molecule is OCCc1cc(C(F)(F)F)cnc1Cl. The van der Waals surface area contributed by atoms with Crippen molar-refractivity contribution in [1.29, 1.82) is 0 Å². The van der Waals surface area contributed by atoms with E-state index in [0.717, 1.165) is 6.07 Å². The summed E-state index contributed by atoms with van der Waals surface area (Å²) in [4.78, 5) is 3.40. The molecule has 1 aromatic heterocycles. The van der Waals surface area contributed by atoms with E-state index in [-0.39, 0.29) is 23.7 Å². The van der Waals surface area contributed by atoms with Gasteiger partial charge in [0, 0.05) is 12.8 Å². The van der Waals surface area contributed by atoms with Gasteiger partial charge in [-0.25, -0.2) is 4.98 Å². The number of hydrogen-bond donors (Lipinski definition) is 1. The monoisotopic (exact) mass is 225 g/mol. The number of aliphatic hydroxyl groups excluding tert-OH is 1. The zero-order chi connectivity index (χ0) is 10.8. The molecule has 0 aliphatic carbocycles. The van der Waals surface area contributed by atoms with Crippen molar-refractivity contribution < 1.29 is 18.3 Å². The number of aromatic nitrogens is 1. The van der Waals surface area contributed by atoms with Gasteiger partial charge in [-0.1, -0.05) is 11.6 Å². The second-order valence-corrected chi connectivity index (χ2v) is 3.00. The Balaban J connectivity index is 3.06. The van der Waals surface area contributed by atoms with Crippen LogP contribution in [0.4, 0.5) is 13.2 Å². The molecule has 6 heteroatoms. The molecule has 1 N–H and O–H groups in total. The third kappa shape index (κ3) is 2.59. The van der Waals surface area contributed by atoms with E-state index in [1.165, 1.54) is 0 Å². The molecule has 1 aromatic rings. The van der Waals surface area contributed by atoms with E-state index >= 15 is 0 Å². The number of alkyl halides is 3. The number of hydrogen-bond acceptors (Lipinski definition) is 2. The Kier molecular flexibility index (Phi) is 3.34. The highest BCUT2D eigenvalue weighted by molar-refractivity contribution is 6.30. The minimum absolute atomic E-state index is 0.00736. The first kappa shape index (κ1) is 11.3. The summed E-state index contributed by atoms with van der Waals surface area (Å²) in [6, 6.07) is 0.894. The van der Waals surface area contributed by atoms with Crippen molar-refractivity contribution in [2.24, 2.45) is 0 Å². The summed E-state index contributed by atoms with van der Waals surface area (Å²) in [6.45, 7) is -0.261. The van der Waals surface area contributed by atoms with E-state index in [1.54, 1.807) is 0 Å². The smallest absolute Gasteiger partial charge is 0.396 e. The van der Waals surface area contributed by atoms with E-state index in [1.807, 2.05) is 0 Å². The van der Waals surface area contributed by atoms with Crippen molar-refractivity contribution in [3.8, 4) is 0 Å². The van der Waals surface area contributed by atoms with Crippen LogP contribution in [0.15, 0.2) is 12.3 Å². The Morgan fingerprint density at radius 3 is 2.57 bits per heavy atom. The second-order valence-electron chi connectivity index (χ2n) is 2.65. The maximum atomic E-state index is 12.2. The molecule has 0 aliphatic rings. The first-order chi connectivity index (χ1) is 6.45. The minimum atomic E-state index is -4.43. The average molecular weight is 226 g/mol. The predicted octanol–water partition coefficient (Wildman–Crippen LogP) is 2.29. The van der Waals surface area contributed by atoms with Crippen molar-refractivity contribution in [2.45, 2.75) is 12.6 Å². The average Bonchev–Trinajstić information content (AvgIpc) is 2.07. The van der Waals surface area contributed by atoms with Gasteiger partial charge in [0.05, 0.1) is 5.56 Å². The molecule has 14 heavy (non-hydrogen) atoms. The lowest BCUT2D eigenvalue weighted by Crippen LogP contribution is -2.07. The topological polar surface area (TPSA) is 33.1 Å². The van der Waals surface area contributed by atoms with Gasteiger partial charge in [-0.05, 0) is 18.1 Å². The van der Waals surface area contributed by atoms with Gasteiger partial charge in [0.2, 0.25) is 0 Å². The van der Waals surface area contributed by atoms with E-state index in [0.29, 0.717) is 6.20 Å². The van der Waals surface area contributed by atoms with E-state index < -0.39 is 11.7 Å². The van der Waals surface area contributed by atoms with Crippen LogP contribution in [0.2, 0.25) is 5.15 Å². The molecule has 0 saturated carbocycles. The Labute approximate surface area is 83.3 Å². The minimum Gasteiger partial charge on any atom is -0.396 e. The van der Waals surface area contributed by atoms with Crippen molar-refractivity contribution >= 4 is 11.6 Å². The first-order valence-electron chi connectivity index (χ1n) is 3.77. The number of halogens is 4. The van der Waals surface area contributed by atoms with Gasteiger partial charge in [-0.3, -0.25) is 0 Å². The zero-order valence-electron chi connectivity index (χ0n) is 6.98. The highest BCUT2D eigenvalue weighted by atomic mass is 35.5. The summed E-state index contributed by atoms with van der Waals surface area (Å²) in [5, 5.41) is 8.56. The number of nitrogens with zero attached hydrogens (tertiary/aromatic N) is 1. The van der Waals surface area contributed by atoms with Crippen molar-refractivity contribution in [1.82, 2.24) is 4.98 Å². The maximum Gasteiger partial charge on any atom is 0.417 e. The molecular formula is C8H7ClF3NO. The van der Waals surface area contributed by atoms with Gasteiger partial charge in [0.15, 0.2) is 0 Å². The molecule has 0 aromatic carbocycles. The second kappa shape index (κ2) is 4.14. The third-order valence-corrected chi connectivity index (χ3v) is 1.96. The Bertz CT molecular complexity index is 327. The fourth-order valence-corrected chi connectivity index (χ4v) is 1.14. The molecule has 0 aliphatic heterocycles. The van der Waals surface area contributed by atoms with Crippen molar-refractivity contribution in [2.75, 3.05) is 6.61 Å². The fourth-order valence-electron chi connectivity index (χ4n) is 0.944. The van der Waals surface area contributed by atoms with Crippen molar-refractivity contribution in [3.05, 3.63) is 28.5 Å². The Morgan fingerprint density at radius 2 is 2.07 bits per heavy atom. The Hall–Kier alpha value is -0.810. The molecule has 78 valence electrons. The van der Waals surface area contributed by atoms with Crippen LogP contribution in [0.25, 0.3) is 0 Å². The number of pyridine rings is 1. The number of rotatable bonds is 2. The summed E-state index contributed by atoms with van der Waals surface area (Å²) in [5.41, 5.74) is -0.658. The lowest BCUT2D eigenvalue weighted by Gasteiger charge is -2.08. The highest BCUT2D eigenvalue weighted by Gasteiger charge is 2.31. The molecule has 0 fully saturated rings. The fraction of sp³-hybridized carbons (Fsp3) is 0.375. The zero-order valence-corrected chi connectivity index (χ0v) is 7.73. The molecule has 2 nitrogen and oxygen atoms in total. The van der Waals surface area contributed by atoms with Gasteiger partial charge in [0.25, 0.3) is 0 Å². The number of aliphatic hydroxyl groups is 1. The van der Waals surface area contributed by atoms with Gasteiger partial charge in [-0.15, -0.1) is 0 Å². The third-order valence-electron chi connectivity index (χ3n) is 1.62. The van der Waals surface area contributed by atoms with Crippen LogP contribution in [0.3, 0.4) is 0 Å². The van der Waals surface area contributed by atoms with Crippen LogP contribution >= 0.6 is 11.6 Å². The highest BCUT2D eigenvalue weighted by Crippen LogP contribution is 2.30. The maximum absolute atomic E-state index is 12.2. The van der Waals surface area contributed by atoms with E-state index in [2.05, 4.69) is 4.98 Å². The normalized spacial score (nSPS) is 11.8. The molecular weight excluding hydrogens is 219 g/mol. The van der Waals surface area contributed by atoms with Crippen LogP contribution in [0.1, 0.15) is 11.1 Å². The van der Waals surface area contributed by atoms with E-state index in [4.69, 9.17) is 16.7 Å². The molecule has 0 atom stereocenters. The standard InChI is InChI=1S/C8H7ClF3NO/c9-7-5(1-2-14)3-6(4-13-7)8(10,11)12/h3-4,14H,1-2H2. The summed E-state index contributed by atoms with van der Waals surface area (Å²) >= 11 is 5.54. The molecule has 0 radical (unpaired) electrons. The van der Waals surface area contributed by atoms with Crippen LogP contribution in [0.5, 0.6) is 0 Å². The van der Waals surface area contributed by atoms with Gasteiger partial charge in [-0.2, -0.15) is 13.2 Å². The molecule has 1 heterocycles. The summed E-state index contributed by atoms with van der Waals surface area (Å²) in [5.74, 6) is 0. The van der Waals surface area contributed by atoms with E-state index in [9.17, 15) is 13.2 Å². The van der Waals surface area contributed by atoms with Crippen LogP contribution in [-0.2, 0) is 12.6 Å². The van der Waals surface area contributed by atoms with Crippen LogP contribution in [0, 0.1) is 0 Å². The molecule has 0 unspecified atom stereocenters. The Morgan fingerprint density at radius 1 is 1.43 bits per heavy atom. The van der Waals surface area contributed by atoms with Gasteiger partial charge in [0.1, 0.15) is 5.15 Å². The largest absolute Gasteiger partial charge is 0.417 e. The lowest BCUT2D eigenvalue weighted by molar-refractivity contribution is -0.137. The van der Waals surface area contributed by atoms with Crippen LogP contribution < -0.4 is 0 Å². The van der Waals surface area contributed by atoms with Crippen LogP contribution in [-0.4, -0.2) is 16.7 Å². The summed E-state index contributed by atoms with van der Waals surface area (Å²) in [6.07, 6.45) is -3.69.